The summed E-state index contributed by atoms with van der Waals surface area (Å²) in [6, 6.07) is 7.42. The lowest BCUT2D eigenvalue weighted by Gasteiger charge is -1.92. The second-order valence-electron chi connectivity index (χ2n) is 3.44. The standard InChI is InChI=1S/C11H9N5/c12-9-3-4-10-14-11(15-16(10)7-9)8-2-1-5-13-6-8/h1-7H,12H2. The molecule has 3 aromatic heterocycles. The van der Waals surface area contributed by atoms with Crippen molar-refractivity contribution in [3.8, 4) is 11.4 Å². The van der Waals surface area contributed by atoms with Gasteiger partial charge in [-0.3, -0.25) is 4.98 Å². The molecule has 2 N–H and O–H groups in total. The second kappa shape index (κ2) is 3.30. The first-order chi connectivity index (χ1) is 7.83. The molecule has 16 heavy (non-hydrogen) atoms. The third-order valence-electron chi connectivity index (χ3n) is 2.27. The van der Waals surface area contributed by atoms with Crippen LogP contribution in [0.15, 0.2) is 42.9 Å². The van der Waals surface area contributed by atoms with E-state index in [9.17, 15) is 0 Å². The Morgan fingerprint density at radius 2 is 2.12 bits per heavy atom. The van der Waals surface area contributed by atoms with Gasteiger partial charge in [-0.25, -0.2) is 9.50 Å². The molecule has 3 heterocycles. The van der Waals surface area contributed by atoms with Crippen molar-refractivity contribution in [3.63, 3.8) is 0 Å². The van der Waals surface area contributed by atoms with Crippen LogP contribution in [0.4, 0.5) is 5.69 Å². The summed E-state index contributed by atoms with van der Waals surface area (Å²) in [5, 5.41) is 4.33. The zero-order chi connectivity index (χ0) is 11.0. The average molecular weight is 211 g/mol. The summed E-state index contributed by atoms with van der Waals surface area (Å²) in [5.74, 6) is 0.652. The van der Waals surface area contributed by atoms with Crippen LogP contribution in [0.1, 0.15) is 0 Å². The molecule has 0 atom stereocenters. The first-order valence-corrected chi connectivity index (χ1v) is 4.85. The number of nitrogen functional groups attached to an aromatic ring is 1. The van der Waals surface area contributed by atoms with Crippen LogP contribution in [0.5, 0.6) is 0 Å². The lowest BCUT2D eigenvalue weighted by Crippen LogP contribution is -1.91. The fourth-order valence-corrected chi connectivity index (χ4v) is 1.52. The molecule has 3 aromatic rings. The Balaban J connectivity index is 2.19. The smallest absolute Gasteiger partial charge is 0.183 e. The van der Waals surface area contributed by atoms with E-state index in [4.69, 9.17) is 5.73 Å². The summed E-state index contributed by atoms with van der Waals surface area (Å²) in [5.41, 5.74) is 8.00. The Labute approximate surface area is 91.6 Å². The molecule has 0 radical (unpaired) electrons. The van der Waals surface area contributed by atoms with Gasteiger partial charge in [0.25, 0.3) is 0 Å². The quantitative estimate of drug-likeness (QED) is 0.660. The van der Waals surface area contributed by atoms with E-state index in [1.165, 1.54) is 0 Å². The molecule has 0 bridgehead atoms. The van der Waals surface area contributed by atoms with Gasteiger partial charge in [0, 0.05) is 18.0 Å². The molecule has 5 heteroatoms. The zero-order valence-corrected chi connectivity index (χ0v) is 8.41. The summed E-state index contributed by atoms with van der Waals surface area (Å²) in [6.45, 7) is 0. The number of nitrogens with zero attached hydrogens (tertiary/aromatic N) is 4. The van der Waals surface area contributed by atoms with Gasteiger partial charge in [0.15, 0.2) is 11.5 Å². The minimum atomic E-state index is 0.652. The third kappa shape index (κ3) is 1.38. The molecular formula is C11H9N5. The first-order valence-electron chi connectivity index (χ1n) is 4.85. The molecule has 0 aromatic carbocycles. The van der Waals surface area contributed by atoms with Crippen molar-refractivity contribution in [2.75, 3.05) is 5.73 Å². The summed E-state index contributed by atoms with van der Waals surface area (Å²) in [7, 11) is 0. The molecule has 0 aliphatic carbocycles. The van der Waals surface area contributed by atoms with E-state index in [1.54, 1.807) is 29.2 Å². The Kier molecular flexibility index (Phi) is 1.83. The number of pyridine rings is 2. The highest BCUT2D eigenvalue weighted by molar-refractivity contribution is 5.57. The number of nitrogens with two attached hydrogens (primary N) is 1. The van der Waals surface area contributed by atoms with Gasteiger partial charge in [0.2, 0.25) is 0 Å². The largest absolute Gasteiger partial charge is 0.397 e. The number of hydrogen-bond acceptors (Lipinski definition) is 4. The summed E-state index contributed by atoms with van der Waals surface area (Å²) >= 11 is 0. The Morgan fingerprint density at radius 3 is 2.94 bits per heavy atom. The van der Waals surface area contributed by atoms with Crippen molar-refractivity contribution in [3.05, 3.63) is 42.9 Å². The zero-order valence-electron chi connectivity index (χ0n) is 8.41. The van der Waals surface area contributed by atoms with Crippen molar-refractivity contribution < 1.29 is 0 Å². The number of hydrogen-bond donors (Lipinski definition) is 1. The number of aromatic nitrogens is 4. The van der Waals surface area contributed by atoms with E-state index < -0.39 is 0 Å². The van der Waals surface area contributed by atoms with E-state index in [0.29, 0.717) is 11.5 Å². The molecule has 0 amide bonds. The average Bonchev–Trinajstić information content (AvgIpc) is 2.73. The van der Waals surface area contributed by atoms with Gasteiger partial charge < -0.3 is 5.73 Å². The van der Waals surface area contributed by atoms with E-state index in [0.717, 1.165) is 11.2 Å². The summed E-state index contributed by atoms with van der Waals surface area (Å²) in [6.07, 6.45) is 5.19. The monoisotopic (exact) mass is 211 g/mol. The molecular weight excluding hydrogens is 202 g/mol. The van der Waals surface area contributed by atoms with Gasteiger partial charge in [-0.1, -0.05) is 0 Å². The summed E-state index contributed by atoms with van der Waals surface area (Å²) < 4.78 is 1.66. The van der Waals surface area contributed by atoms with Gasteiger partial charge in [0.1, 0.15) is 0 Å². The predicted octanol–water partition coefficient (Wildman–Crippen LogP) is 1.37. The highest BCUT2D eigenvalue weighted by atomic mass is 15.3. The van der Waals surface area contributed by atoms with Gasteiger partial charge in [-0.15, -0.1) is 5.10 Å². The fraction of sp³-hybridized carbons (Fsp3) is 0. The second-order valence-corrected chi connectivity index (χ2v) is 3.44. The maximum absolute atomic E-state index is 5.67. The van der Waals surface area contributed by atoms with E-state index in [2.05, 4.69) is 15.1 Å². The molecule has 0 unspecified atom stereocenters. The van der Waals surface area contributed by atoms with Crippen molar-refractivity contribution in [1.82, 2.24) is 19.6 Å². The fourth-order valence-electron chi connectivity index (χ4n) is 1.52. The molecule has 0 saturated carbocycles. The SMILES string of the molecule is Nc1ccc2nc(-c3cccnc3)nn2c1. The van der Waals surface area contributed by atoms with Gasteiger partial charge in [-0.2, -0.15) is 0 Å². The molecule has 78 valence electrons. The van der Waals surface area contributed by atoms with Crippen molar-refractivity contribution >= 4 is 11.3 Å². The lowest BCUT2D eigenvalue weighted by atomic mass is 10.3. The normalized spacial score (nSPS) is 10.8. The minimum Gasteiger partial charge on any atom is -0.397 e. The van der Waals surface area contributed by atoms with Crippen LogP contribution in [0.25, 0.3) is 17.0 Å². The molecule has 0 saturated heterocycles. The Morgan fingerprint density at radius 1 is 1.19 bits per heavy atom. The van der Waals surface area contributed by atoms with E-state index >= 15 is 0 Å². The number of fused-ring (bicyclic) bond motifs is 1. The highest BCUT2D eigenvalue weighted by Crippen LogP contribution is 2.15. The van der Waals surface area contributed by atoms with E-state index in [1.807, 2.05) is 18.2 Å². The van der Waals surface area contributed by atoms with Gasteiger partial charge in [0.05, 0.1) is 11.9 Å². The van der Waals surface area contributed by atoms with Crippen LogP contribution >= 0.6 is 0 Å². The molecule has 5 nitrogen and oxygen atoms in total. The van der Waals surface area contributed by atoms with Crippen molar-refractivity contribution in [2.24, 2.45) is 0 Å². The van der Waals surface area contributed by atoms with Gasteiger partial charge >= 0.3 is 0 Å². The Bertz CT molecular complexity index is 629. The van der Waals surface area contributed by atoms with Crippen LogP contribution in [-0.2, 0) is 0 Å². The number of rotatable bonds is 1. The molecule has 0 fully saturated rings. The first kappa shape index (κ1) is 8.84. The maximum Gasteiger partial charge on any atom is 0.183 e. The Hall–Kier alpha value is -2.43. The van der Waals surface area contributed by atoms with Crippen LogP contribution < -0.4 is 5.73 Å². The molecule has 0 aliphatic rings. The maximum atomic E-state index is 5.67. The van der Waals surface area contributed by atoms with Crippen LogP contribution in [0.3, 0.4) is 0 Å². The van der Waals surface area contributed by atoms with E-state index in [-0.39, 0.29) is 0 Å². The highest BCUT2D eigenvalue weighted by Gasteiger charge is 2.05. The van der Waals surface area contributed by atoms with Crippen LogP contribution in [-0.4, -0.2) is 19.6 Å². The van der Waals surface area contributed by atoms with Crippen LogP contribution in [0, 0.1) is 0 Å². The van der Waals surface area contributed by atoms with Gasteiger partial charge in [-0.05, 0) is 24.3 Å². The lowest BCUT2D eigenvalue weighted by molar-refractivity contribution is 0.967. The van der Waals surface area contributed by atoms with Crippen molar-refractivity contribution in [1.29, 1.82) is 0 Å². The topological polar surface area (TPSA) is 69.1 Å². The molecule has 0 spiro atoms. The number of anilines is 1. The molecule has 3 rings (SSSR count). The summed E-state index contributed by atoms with van der Waals surface area (Å²) in [4.78, 5) is 8.42. The predicted molar refractivity (Wildman–Crippen MR) is 60.6 cm³/mol. The van der Waals surface area contributed by atoms with Crippen LogP contribution in [0.2, 0.25) is 0 Å². The molecule has 0 aliphatic heterocycles. The van der Waals surface area contributed by atoms with Crippen molar-refractivity contribution in [2.45, 2.75) is 0 Å². The third-order valence-corrected chi connectivity index (χ3v) is 2.27. The minimum absolute atomic E-state index is 0.652.